The fraction of sp³-hybridized carbons (Fsp3) is 0.304. The van der Waals surface area contributed by atoms with Crippen molar-refractivity contribution in [1.82, 2.24) is 9.80 Å². The molecule has 1 aromatic heterocycles. The van der Waals surface area contributed by atoms with Crippen molar-refractivity contribution >= 4 is 16.9 Å². The van der Waals surface area contributed by atoms with Crippen LogP contribution in [0.5, 0.6) is 5.75 Å². The van der Waals surface area contributed by atoms with Crippen LogP contribution in [0, 0.1) is 5.82 Å². The molecule has 0 fully saturated rings. The van der Waals surface area contributed by atoms with Gasteiger partial charge in [-0.25, -0.2) is 4.39 Å². The van der Waals surface area contributed by atoms with E-state index in [2.05, 4.69) is 0 Å². The molecule has 0 radical (unpaired) electrons. The summed E-state index contributed by atoms with van der Waals surface area (Å²) in [6.07, 6.45) is 0.723. The molecule has 1 aliphatic rings. The van der Waals surface area contributed by atoms with E-state index >= 15 is 0 Å². The fourth-order valence-electron chi connectivity index (χ4n) is 4.00. The minimum Gasteiger partial charge on any atom is -0.496 e. The normalized spacial score (nSPS) is 15.8. The zero-order valence-corrected chi connectivity index (χ0v) is 17.1. The van der Waals surface area contributed by atoms with Gasteiger partial charge in [-0.3, -0.25) is 9.59 Å². The predicted octanol–water partition coefficient (Wildman–Crippen LogP) is 3.44. The van der Waals surface area contributed by atoms with Crippen LogP contribution in [0.2, 0.25) is 0 Å². The van der Waals surface area contributed by atoms with Crippen LogP contribution >= 0.6 is 0 Å². The molecule has 2 heterocycles. The van der Waals surface area contributed by atoms with Crippen LogP contribution in [-0.4, -0.2) is 50.0 Å². The molecule has 0 saturated carbocycles. The van der Waals surface area contributed by atoms with Gasteiger partial charge in [-0.05, 0) is 51.3 Å². The maximum absolute atomic E-state index is 13.8. The van der Waals surface area contributed by atoms with Crippen LogP contribution in [0.4, 0.5) is 4.39 Å². The molecule has 4 rings (SSSR count). The number of nitrogens with zero attached hydrogens (tertiary/aromatic N) is 2. The molecule has 7 heteroatoms. The van der Waals surface area contributed by atoms with E-state index in [0.29, 0.717) is 17.9 Å². The molecule has 30 heavy (non-hydrogen) atoms. The molecule has 0 spiro atoms. The van der Waals surface area contributed by atoms with E-state index in [1.54, 1.807) is 18.1 Å². The number of carbonyl (C=O) groups is 1. The van der Waals surface area contributed by atoms with Crippen LogP contribution < -0.4 is 10.2 Å². The Morgan fingerprint density at radius 2 is 1.93 bits per heavy atom. The average molecular weight is 410 g/mol. The number of ether oxygens (including phenoxy) is 1. The summed E-state index contributed by atoms with van der Waals surface area (Å²) in [6.45, 7) is 1.22. The first-order valence-corrected chi connectivity index (χ1v) is 9.77. The number of fused-ring (bicyclic) bond motifs is 2. The predicted molar refractivity (Wildman–Crippen MR) is 111 cm³/mol. The molecule has 6 nitrogen and oxygen atoms in total. The summed E-state index contributed by atoms with van der Waals surface area (Å²) in [5, 5.41) is 0.122. The zero-order chi connectivity index (χ0) is 21.4. The SMILES string of the molecule is COc1ccccc1C1c2c(oc3ccc(F)cc3c2=O)C(=O)N1CCCN(C)C. The van der Waals surface area contributed by atoms with E-state index in [0.717, 1.165) is 19.0 Å². The van der Waals surface area contributed by atoms with Crippen LogP contribution in [-0.2, 0) is 0 Å². The van der Waals surface area contributed by atoms with Gasteiger partial charge >= 0.3 is 0 Å². The van der Waals surface area contributed by atoms with Crippen molar-refractivity contribution < 1.29 is 18.3 Å². The lowest BCUT2D eigenvalue weighted by atomic mass is 9.97. The summed E-state index contributed by atoms with van der Waals surface area (Å²) in [4.78, 5) is 30.3. The van der Waals surface area contributed by atoms with Gasteiger partial charge in [0, 0.05) is 12.1 Å². The number of hydrogen-bond donors (Lipinski definition) is 0. The van der Waals surface area contributed by atoms with Crippen molar-refractivity contribution in [2.75, 3.05) is 34.3 Å². The Kier molecular flexibility index (Phi) is 5.30. The number of benzene rings is 2. The van der Waals surface area contributed by atoms with E-state index in [-0.39, 0.29) is 28.2 Å². The number of methoxy groups -OCH3 is 1. The molecule has 3 aromatic rings. The quantitative estimate of drug-likeness (QED) is 0.623. The Morgan fingerprint density at radius 3 is 2.67 bits per heavy atom. The van der Waals surface area contributed by atoms with Crippen molar-refractivity contribution in [1.29, 1.82) is 0 Å². The smallest absolute Gasteiger partial charge is 0.290 e. The molecule has 1 atom stereocenters. The van der Waals surface area contributed by atoms with Gasteiger partial charge in [-0.15, -0.1) is 0 Å². The van der Waals surface area contributed by atoms with Gasteiger partial charge in [0.25, 0.3) is 5.91 Å². The van der Waals surface area contributed by atoms with Crippen molar-refractivity contribution in [3.63, 3.8) is 0 Å². The summed E-state index contributed by atoms with van der Waals surface area (Å²) in [5.74, 6) is -0.293. The van der Waals surface area contributed by atoms with Crippen LogP contribution in [0.3, 0.4) is 0 Å². The van der Waals surface area contributed by atoms with Crippen LogP contribution in [0.25, 0.3) is 11.0 Å². The highest BCUT2D eigenvalue weighted by atomic mass is 19.1. The van der Waals surface area contributed by atoms with Gasteiger partial charge in [-0.1, -0.05) is 18.2 Å². The molecule has 0 aliphatic carbocycles. The summed E-state index contributed by atoms with van der Waals surface area (Å²) in [6, 6.07) is 10.4. The first-order valence-electron chi connectivity index (χ1n) is 9.77. The molecule has 0 bridgehead atoms. The molecule has 1 unspecified atom stereocenters. The average Bonchev–Trinajstić information content (AvgIpc) is 3.00. The third-order valence-electron chi connectivity index (χ3n) is 5.37. The molecule has 1 aliphatic heterocycles. The number of carbonyl (C=O) groups excluding carboxylic acids is 1. The first kappa shape index (κ1) is 20.1. The highest BCUT2D eigenvalue weighted by Crippen LogP contribution is 2.41. The van der Waals surface area contributed by atoms with E-state index in [9.17, 15) is 14.0 Å². The monoisotopic (exact) mass is 410 g/mol. The number of amides is 1. The van der Waals surface area contributed by atoms with Gasteiger partial charge in [0.15, 0.2) is 5.43 Å². The van der Waals surface area contributed by atoms with E-state index in [4.69, 9.17) is 9.15 Å². The summed E-state index contributed by atoms with van der Waals surface area (Å²) >= 11 is 0. The molecular formula is C23H23FN2O4. The Labute approximate surface area is 173 Å². The second-order valence-corrected chi connectivity index (χ2v) is 7.61. The molecular weight excluding hydrogens is 387 g/mol. The van der Waals surface area contributed by atoms with E-state index < -0.39 is 17.3 Å². The maximum atomic E-state index is 13.8. The Morgan fingerprint density at radius 1 is 1.17 bits per heavy atom. The maximum Gasteiger partial charge on any atom is 0.290 e. The lowest BCUT2D eigenvalue weighted by Crippen LogP contribution is -2.32. The summed E-state index contributed by atoms with van der Waals surface area (Å²) in [7, 11) is 5.47. The number of halogens is 1. The van der Waals surface area contributed by atoms with Crippen molar-refractivity contribution in [2.24, 2.45) is 0 Å². The van der Waals surface area contributed by atoms with Crippen molar-refractivity contribution in [3.8, 4) is 5.75 Å². The number of hydrogen-bond acceptors (Lipinski definition) is 5. The van der Waals surface area contributed by atoms with Gasteiger partial charge in [0.2, 0.25) is 5.76 Å². The second kappa shape index (κ2) is 7.91. The number of para-hydroxylation sites is 1. The summed E-state index contributed by atoms with van der Waals surface area (Å²) < 4.78 is 25.2. The third-order valence-corrected chi connectivity index (χ3v) is 5.37. The number of rotatable bonds is 6. The summed E-state index contributed by atoms with van der Waals surface area (Å²) in [5.41, 5.74) is 0.722. The minimum absolute atomic E-state index is 0.0138. The lowest BCUT2D eigenvalue weighted by molar-refractivity contribution is 0.0721. The highest BCUT2D eigenvalue weighted by Gasteiger charge is 2.43. The van der Waals surface area contributed by atoms with E-state index in [1.165, 1.54) is 12.1 Å². The standard InChI is InChI=1S/C23H23FN2O4/c1-25(2)11-6-12-26-20(15-7-4-5-8-17(15)29-3)19-21(27)16-13-14(24)9-10-18(16)30-22(19)23(26)28/h4-5,7-10,13,20H,6,11-12H2,1-3H3. The second-order valence-electron chi connectivity index (χ2n) is 7.61. The molecule has 156 valence electrons. The topological polar surface area (TPSA) is 63.0 Å². The molecule has 1 amide bonds. The van der Waals surface area contributed by atoms with Crippen molar-refractivity contribution in [3.05, 3.63) is 75.4 Å². The van der Waals surface area contributed by atoms with Crippen molar-refractivity contribution in [2.45, 2.75) is 12.5 Å². The fourth-order valence-corrected chi connectivity index (χ4v) is 4.00. The van der Waals surface area contributed by atoms with Gasteiger partial charge in [0.1, 0.15) is 17.1 Å². The molecule has 0 saturated heterocycles. The minimum atomic E-state index is -0.658. The van der Waals surface area contributed by atoms with Crippen LogP contribution in [0.1, 0.15) is 34.1 Å². The Bertz CT molecular complexity index is 1170. The lowest BCUT2D eigenvalue weighted by Gasteiger charge is -2.26. The van der Waals surface area contributed by atoms with Gasteiger partial charge in [-0.2, -0.15) is 0 Å². The third kappa shape index (κ3) is 3.35. The molecule has 2 aromatic carbocycles. The largest absolute Gasteiger partial charge is 0.496 e. The zero-order valence-electron chi connectivity index (χ0n) is 17.1. The Hall–Kier alpha value is -3.19. The van der Waals surface area contributed by atoms with Gasteiger partial charge < -0.3 is 19.0 Å². The van der Waals surface area contributed by atoms with E-state index in [1.807, 2.05) is 37.2 Å². The first-order chi connectivity index (χ1) is 14.4. The van der Waals surface area contributed by atoms with Crippen LogP contribution in [0.15, 0.2) is 51.7 Å². The van der Waals surface area contributed by atoms with Gasteiger partial charge in [0.05, 0.1) is 24.1 Å². The highest BCUT2D eigenvalue weighted by molar-refractivity contribution is 5.99. The Balaban J connectivity index is 1.92. The molecule has 0 N–H and O–H groups in total.